The van der Waals surface area contributed by atoms with Gasteiger partial charge in [-0.1, -0.05) is 24.3 Å². The van der Waals surface area contributed by atoms with E-state index in [0.29, 0.717) is 35.3 Å². The zero-order chi connectivity index (χ0) is 18.8. The average molecular weight is 359 g/mol. The molecule has 0 saturated carbocycles. The number of esters is 1. The van der Waals surface area contributed by atoms with Crippen LogP contribution < -0.4 is 9.47 Å². The number of hydrogen-bond donors (Lipinski definition) is 0. The van der Waals surface area contributed by atoms with Crippen molar-refractivity contribution >= 4 is 12.3 Å². The number of ether oxygens (including phenoxy) is 2. The fourth-order valence-corrected chi connectivity index (χ4v) is 2.13. The van der Waals surface area contributed by atoms with Crippen LogP contribution in [0, 0.1) is 10.1 Å². The van der Waals surface area contributed by atoms with Gasteiger partial charge in [-0.3, -0.25) is 9.59 Å². The molecule has 0 atom stereocenters. The summed E-state index contributed by atoms with van der Waals surface area (Å²) in [4.78, 5) is 37.1. The van der Waals surface area contributed by atoms with E-state index in [4.69, 9.17) is 9.47 Å². The zero-order valence-electron chi connectivity index (χ0n) is 13.8. The van der Waals surface area contributed by atoms with Crippen LogP contribution in [0.1, 0.15) is 22.3 Å². The monoisotopic (exact) mass is 359 g/mol. The number of rotatable bonds is 10. The van der Waals surface area contributed by atoms with Gasteiger partial charge in [-0.25, -0.2) is 0 Å². The topological polar surface area (TPSA) is 105 Å². The molecule has 0 aliphatic heterocycles. The van der Waals surface area contributed by atoms with Gasteiger partial charge < -0.3 is 14.3 Å². The number of aldehydes is 1. The summed E-state index contributed by atoms with van der Waals surface area (Å²) in [7, 11) is 0. The SMILES string of the molecule is O=Cc1ccccc1CC(=O)Oc1ccc(OCCCO[N+](=O)[O-])cc1. The summed E-state index contributed by atoms with van der Waals surface area (Å²) in [5, 5.41) is 9.14. The normalized spacial score (nSPS) is 10.0. The molecule has 26 heavy (non-hydrogen) atoms. The Balaban J connectivity index is 1.80. The van der Waals surface area contributed by atoms with Gasteiger partial charge in [0, 0.05) is 12.0 Å². The van der Waals surface area contributed by atoms with E-state index in [2.05, 4.69) is 4.84 Å². The summed E-state index contributed by atoms with van der Waals surface area (Å²) < 4.78 is 10.6. The van der Waals surface area contributed by atoms with Crippen molar-refractivity contribution in [3.05, 3.63) is 69.8 Å². The van der Waals surface area contributed by atoms with Crippen LogP contribution >= 0.6 is 0 Å². The first-order chi connectivity index (χ1) is 12.6. The second-order valence-corrected chi connectivity index (χ2v) is 5.20. The van der Waals surface area contributed by atoms with Crippen LogP contribution in [-0.4, -0.2) is 30.6 Å². The van der Waals surface area contributed by atoms with Crippen molar-refractivity contribution < 1.29 is 29.0 Å². The Labute approximate surface area is 149 Å². The molecule has 2 aromatic carbocycles. The molecule has 136 valence electrons. The Hall–Kier alpha value is -3.42. The lowest BCUT2D eigenvalue weighted by molar-refractivity contribution is -0.757. The Kier molecular flexibility index (Phi) is 7.11. The second-order valence-electron chi connectivity index (χ2n) is 5.20. The zero-order valence-corrected chi connectivity index (χ0v) is 13.8. The summed E-state index contributed by atoms with van der Waals surface area (Å²) in [6, 6.07) is 13.2. The summed E-state index contributed by atoms with van der Waals surface area (Å²) in [6.07, 6.45) is 1.06. The number of nitrogens with zero attached hydrogens (tertiary/aromatic N) is 1. The van der Waals surface area contributed by atoms with Gasteiger partial charge in [-0.2, -0.15) is 0 Å². The molecule has 0 aromatic heterocycles. The lowest BCUT2D eigenvalue weighted by Crippen LogP contribution is -2.12. The third kappa shape index (κ3) is 6.23. The molecule has 0 radical (unpaired) electrons. The van der Waals surface area contributed by atoms with Gasteiger partial charge in [-0.15, -0.1) is 10.1 Å². The average Bonchev–Trinajstić information content (AvgIpc) is 2.63. The maximum absolute atomic E-state index is 12.0. The number of hydrogen-bond acceptors (Lipinski definition) is 7. The fraction of sp³-hybridized carbons (Fsp3) is 0.222. The van der Waals surface area contributed by atoms with Crippen LogP contribution in [0.15, 0.2) is 48.5 Å². The van der Waals surface area contributed by atoms with E-state index in [9.17, 15) is 19.7 Å². The highest BCUT2D eigenvalue weighted by molar-refractivity contribution is 5.82. The minimum Gasteiger partial charge on any atom is -0.494 e. The van der Waals surface area contributed by atoms with Gasteiger partial charge in [-0.05, 0) is 29.8 Å². The lowest BCUT2D eigenvalue weighted by Gasteiger charge is -2.08. The highest BCUT2D eigenvalue weighted by Crippen LogP contribution is 2.18. The first-order valence-electron chi connectivity index (χ1n) is 7.82. The largest absolute Gasteiger partial charge is 0.494 e. The summed E-state index contributed by atoms with van der Waals surface area (Å²) >= 11 is 0. The van der Waals surface area contributed by atoms with Gasteiger partial charge in [0.25, 0.3) is 5.09 Å². The van der Waals surface area contributed by atoms with E-state index >= 15 is 0 Å². The Morgan fingerprint density at radius 1 is 1.04 bits per heavy atom. The minimum absolute atomic E-state index is 0.0103. The van der Waals surface area contributed by atoms with Crippen molar-refractivity contribution in [1.82, 2.24) is 0 Å². The molecule has 2 rings (SSSR count). The molecular weight excluding hydrogens is 342 g/mol. The fourth-order valence-electron chi connectivity index (χ4n) is 2.13. The third-order valence-corrected chi connectivity index (χ3v) is 3.33. The molecule has 0 aliphatic rings. The number of carbonyl (C=O) groups excluding carboxylic acids is 2. The van der Waals surface area contributed by atoms with E-state index in [1.54, 1.807) is 48.5 Å². The lowest BCUT2D eigenvalue weighted by atomic mass is 10.1. The van der Waals surface area contributed by atoms with Gasteiger partial charge in [0.15, 0.2) is 0 Å². The molecule has 0 heterocycles. The number of benzene rings is 2. The molecule has 0 amide bonds. The van der Waals surface area contributed by atoms with E-state index < -0.39 is 11.1 Å². The molecule has 8 heteroatoms. The molecule has 0 bridgehead atoms. The van der Waals surface area contributed by atoms with Crippen molar-refractivity contribution in [3.63, 3.8) is 0 Å². The van der Waals surface area contributed by atoms with Crippen LogP contribution in [0.25, 0.3) is 0 Å². The Morgan fingerprint density at radius 2 is 1.73 bits per heavy atom. The highest BCUT2D eigenvalue weighted by atomic mass is 16.9. The molecule has 0 saturated heterocycles. The van der Waals surface area contributed by atoms with Gasteiger partial charge in [0.1, 0.15) is 17.8 Å². The standard InChI is InChI=1S/C18H17NO7/c20-13-15-5-2-1-4-14(15)12-18(21)26-17-8-6-16(7-9-17)24-10-3-11-25-19(22)23/h1-2,4-9,13H,3,10-12H2. The predicted molar refractivity (Wildman–Crippen MR) is 90.7 cm³/mol. The van der Waals surface area contributed by atoms with Crippen LogP contribution in [0.2, 0.25) is 0 Å². The first kappa shape index (κ1) is 18.9. The molecule has 0 aliphatic carbocycles. The van der Waals surface area contributed by atoms with E-state index in [0.717, 1.165) is 0 Å². The third-order valence-electron chi connectivity index (χ3n) is 3.33. The van der Waals surface area contributed by atoms with Gasteiger partial charge in [0.2, 0.25) is 0 Å². The van der Waals surface area contributed by atoms with Crippen LogP contribution in [0.3, 0.4) is 0 Å². The van der Waals surface area contributed by atoms with Crippen LogP contribution in [-0.2, 0) is 16.1 Å². The van der Waals surface area contributed by atoms with Crippen molar-refractivity contribution in [2.75, 3.05) is 13.2 Å². The first-order valence-corrected chi connectivity index (χ1v) is 7.82. The molecule has 2 aromatic rings. The molecule has 0 unspecified atom stereocenters. The Bertz CT molecular complexity index is 758. The Morgan fingerprint density at radius 3 is 2.42 bits per heavy atom. The summed E-state index contributed by atoms with van der Waals surface area (Å²) in [5.74, 6) is 0.407. The van der Waals surface area contributed by atoms with Gasteiger partial charge in [0.05, 0.1) is 19.6 Å². The summed E-state index contributed by atoms with van der Waals surface area (Å²) in [5.41, 5.74) is 1.05. The predicted octanol–water partition coefficient (Wildman–Crippen LogP) is 2.62. The molecule has 0 spiro atoms. The summed E-state index contributed by atoms with van der Waals surface area (Å²) in [6.45, 7) is 0.223. The van der Waals surface area contributed by atoms with Crippen molar-refractivity contribution in [2.45, 2.75) is 12.8 Å². The highest BCUT2D eigenvalue weighted by Gasteiger charge is 2.10. The molecule has 0 fully saturated rings. The van der Waals surface area contributed by atoms with Crippen molar-refractivity contribution in [1.29, 1.82) is 0 Å². The van der Waals surface area contributed by atoms with Gasteiger partial charge >= 0.3 is 5.97 Å². The molecular formula is C18H17NO7. The van der Waals surface area contributed by atoms with E-state index in [1.807, 2.05) is 0 Å². The maximum atomic E-state index is 12.0. The smallest absolute Gasteiger partial charge is 0.315 e. The van der Waals surface area contributed by atoms with Crippen molar-refractivity contribution in [2.24, 2.45) is 0 Å². The quantitative estimate of drug-likeness (QED) is 0.160. The minimum atomic E-state index is -0.851. The maximum Gasteiger partial charge on any atom is 0.315 e. The van der Waals surface area contributed by atoms with Crippen LogP contribution in [0.5, 0.6) is 11.5 Å². The van der Waals surface area contributed by atoms with Crippen molar-refractivity contribution in [3.8, 4) is 11.5 Å². The van der Waals surface area contributed by atoms with E-state index in [-0.39, 0.29) is 19.6 Å². The molecule has 0 N–H and O–H groups in total. The second kappa shape index (κ2) is 9.77. The van der Waals surface area contributed by atoms with Crippen LogP contribution in [0.4, 0.5) is 0 Å². The number of carbonyl (C=O) groups is 2. The van der Waals surface area contributed by atoms with E-state index in [1.165, 1.54) is 0 Å². The molecule has 8 nitrogen and oxygen atoms in total.